The summed E-state index contributed by atoms with van der Waals surface area (Å²) in [5.74, 6) is 0. The largest absolute Gasteiger partial charge is 0.374 e. The fourth-order valence-electron chi connectivity index (χ4n) is 3.30. The third kappa shape index (κ3) is 2.40. The Hall–Kier alpha value is -3.05. The van der Waals surface area contributed by atoms with E-state index in [4.69, 9.17) is 5.73 Å². The number of fused-ring (bicyclic) bond motifs is 2. The van der Waals surface area contributed by atoms with Crippen molar-refractivity contribution in [1.82, 2.24) is 15.2 Å². The zero-order valence-electron chi connectivity index (χ0n) is 13.3. The van der Waals surface area contributed by atoms with E-state index < -0.39 is 0 Å². The van der Waals surface area contributed by atoms with E-state index in [1.54, 1.807) is 0 Å². The van der Waals surface area contributed by atoms with E-state index in [9.17, 15) is 0 Å². The van der Waals surface area contributed by atoms with Crippen LogP contribution in [0.5, 0.6) is 0 Å². The molecular formula is C20H14N4S. The van der Waals surface area contributed by atoms with E-state index >= 15 is 0 Å². The number of pyridine rings is 1. The van der Waals surface area contributed by atoms with E-state index in [-0.39, 0.29) is 0 Å². The van der Waals surface area contributed by atoms with Crippen LogP contribution in [0, 0.1) is 0 Å². The number of rotatable bonds is 2. The zero-order chi connectivity index (χ0) is 16.8. The minimum atomic E-state index is 0.491. The third-order valence-electron chi connectivity index (χ3n) is 4.52. The maximum Gasteiger partial charge on any atom is 0.203 e. The van der Waals surface area contributed by atoms with Crippen molar-refractivity contribution in [2.45, 2.75) is 6.42 Å². The van der Waals surface area contributed by atoms with Gasteiger partial charge in [-0.15, -0.1) is 10.2 Å². The summed E-state index contributed by atoms with van der Waals surface area (Å²) in [6.07, 6.45) is 5.17. The molecule has 120 valence electrons. The van der Waals surface area contributed by atoms with Crippen LogP contribution in [0.25, 0.3) is 27.0 Å². The number of hydrogen-bond donors (Lipinski definition) is 1. The molecule has 0 atom stereocenters. The molecule has 4 aromatic rings. The third-order valence-corrected chi connectivity index (χ3v) is 5.32. The van der Waals surface area contributed by atoms with Crippen LogP contribution in [-0.2, 0) is 6.42 Å². The van der Waals surface area contributed by atoms with Gasteiger partial charge in [0.1, 0.15) is 5.01 Å². The first kappa shape index (κ1) is 14.3. The fourth-order valence-corrected chi connectivity index (χ4v) is 3.91. The lowest BCUT2D eigenvalue weighted by molar-refractivity contribution is 1.10. The van der Waals surface area contributed by atoms with Crippen LogP contribution in [-0.4, -0.2) is 15.2 Å². The Balaban J connectivity index is 1.61. The number of hydrogen-bond acceptors (Lipinski definition) is 5. The first-order valence-electron chi connectivity index (χ1n) is 8.06. The summed E-state index contributed by atoms with van der Waals surface area (Å²) in [5.41, 5.74) is 12.7. The number of nitrogens with two attached hydrogens (primary N) is 1. The van der Waals surface area contributed by atoms with Gasteiger partial charge in [0, 0.05) is 22.7 Å². The molecule has 2 N–H and O–H groups in total. The molecule has 0 saturated carbocycles. The molecule has 0 radical (unpaired) electrons. The van der Waals surface area contributed by atoms with Crippen LogP contribution in [0.3, 0.4) is 0 Å². The van der Waals surface area contributed by atoms with Gasteiger partial charge in [0.05, 0.1) is 5.52 Å². The molecule has 1 aliphatic carbocycles. The molecule has 2 heterocycles. The van der Waals surface area contributed by atoms with Crippen LogP contribution in [0.15, 0.2) is 60.8 Å². The number of nitrogens with zero attached hydrogens (tertiary/aromatic N) is 3. The lowest BCUT2D eigenvalue weighted by Crippen LogP contribution is -1.90. The van der Waals surface area contributed by atoms with Gasteiger partial charge < -0.3 is 5.73 Å². The maximum absolute atomic E-state index is 5.73. The average molecular weight is 342 g/mol. The van der Waals surface area contributed by atoms with Crippen LogP contribution in [0.1, 0.15) is 16.7 Å². The second kappa shape index (κ2) is 5.50. The van der Waals surface area contributed by atoms with E-state index in [0.717, 1.165) is 33.5 Å². The standard InChI is InChI=1S/C20H14N4S/c21-20-24-23-19(25-20)14-6-5-12-7-8-16(17(12)10-14)15-9-13-3-1-2-4-18(13)22-11-15/h1-6,8-11H,7H2,(H2,21,24). The minimum Gasteiger partial charge on any atom is -0.374 e. The van der Waals surface area contributed by atoms with Gasteiger partial charge in [-0.05, 0) is 41.3 Å². The van der Waals surface area contributed by atoms with Gasteiger partial charge in [-0.25, -0.2) is 0 Å². The van der Waals surface area contributed by atoms with Crippen molar-refractivity contribution in [3.8, 4) is 10.6 Å². The zero-order valence-corrected chi connectivity index (χ0v) is 14.1. The molecule has 0 aliphatic heterocycles. The second-order valence-electron chi connectivity index (χ2n) is 6.06. The van der Waals surface area contributed by atoms with Crippen molar-refractivity contribution >= 4 is 32.9 Å². The molecule has 4 nitrogen and oxygen atoms in total. The number of allylic oxidation sites excluding steroid dienone is 1. The van der Waals surface area contributed by atoms with Crippen molar-refractivity contribution < 1.29 is 0 Å². The predicted molar refractivity (Wildman–Crippen MR) is 102 cm³/mol. The monoisotopic (exact) mass is 342 g/mol. The molecular weight excluding hydrogens is 328 g/mol. The number of aromatic nitrogens is 3. The highest BCUT2D eigenvalue weighted by Gasteiger charge is 2.18. The first-order chi connectivity index (χ1) is 12.3. The molecule has 0 saturated heterocycles. The highest BCUT2D eigenvalue weighted by atomic mass is 32.1. The summed E-state index contributed by atoms with van der Waals surface area (Å²) in [4.78, 5) is 4.60. The second-order valence-corrected chi connectivity index (χ2v) is 7.07. The van der Waals surface area contributed by atoms with Gasteiger partial charge in [0.15, 0.2) is 0 Å². The highest BCUT2D eigenvalue weighted by Crippen LogP contribution is 2.36. The summed E-state index contributed by atoms with van der Waals surface area (Å²) >= 11 is 1.41. The average Bonchev–Trinajstić information content (AvgIpc) is 3.27. The molecule has 0 amide bonds. The summed E-state index contributed by atoms with van der Waals surface area (Å²) in [7, 11) is 0. The van der Waals surface area contributed by atoms with Crippen molar-refractivity contribution in [2.75, 3.05) is 5.73 Å². The van der Waals surface area contributed by atoms with Crippen molar-refractivity contribution in [1.29, 1.82) is 0 Å². The minimum absolute atomic E-state index is 0.491. The van der Waals surface area contributed by atoms with E-state index in [2.05, 4.69) is 51.6 Å². The van der Waals surface area contributed by atoms with E-state index in [1.165, 1.54) is 28.0 Å². The summed E-state index contributed by atoms with van der Waals surface area (Å²) in [6, 6.07) is 16.8. The van der Waals surface area contributed by atoms with E-state index in [0.29, 0.717) is 5.13 Å². The number of nitrogen functional groups attached to an aromatic ring is 1. The van der Waals surface area contributed by atoms with Gasteiger partial charge in [-0.1, -0.05) is 47.7 Å². The van der Waals surface area contributed by atoms with E-state index in [1.807, 2.05) is 24.4 Å². The Morgan fingerprint density at radius 2 is 1.88 bits per heavy atom. The predicted octanol–water partition coefficient (Wildman–Crippen LogP) is 4.32. The molecule has 2 aromatic heterocycles. The smallest absolute Gasteiger partial charge is 0.203 e. The molecule has 1 aliphatic rings. The SMILES string of the molecule is Nc1nnc(-c2ccc3c(c2)C(c2cnc4ccccc4c2)=CC3)s1. The van der Waals surface area contributed by atoms with Crippen LogP contribution in [0.4, 0.5) is 5.13 Å². The van der Waals surface area contributed by atoms with Gasteiger partial charge in [0.25, 0.3) is 0 Å². The van der Waals surface area contributed by atoms with Crippen molar-refractivity contribution in [3.05, 3.63) is 77.5 Å². The summed E-state index contributed by atoms with van der Waals surface area (Å²) in [6.45, 7) is 0. The Morgan fingerprint density at radius 1 is 0.960 bits per heavy atom. The maximum atomic E-state index is 5.73. The Bertz CT molecular complexity index is 1140. The molecule has 5 heteroatoms. The quantitative estimate of drug-likeness (QED) is 0.589. The number of benzene rings is 2. The van der Waals surface area contributed by atoms with Crippen molar-refractivity contribution in [3.63, 3.8) is 0 Å². The molecule has 5 rings (SSSR count). The van der Waals surface area contributed by atoms with Crippen LogP contribution in [0.2, 0.25) is 0 Å². The highest BCUT2D eigenvalue weighted by molar-refractivity contribution is 7.18. The van der Waals surface area contributed by atoms with Crippen molar-refractivity contribution in [2.24, 2.45) is 0 Å². The molecule has 25 heavy (non-hydrogen) atoms. The number of anilines is 1. The molecule has 2 aromatic carbocycles. The van der Waals surface area contributed by atoms with Gasteiger partial charge >= 0.3 is 0 Å². The van der Waals surface area contributed by atoms with Crippen LogP contribution < -0.4 is 5.73 Å². The van der Waals surface area contributed by atoms with Crippen LogP contribution >= 0.6 is 11.3 Å². The topological polar surface area (TPSA) is 64.7 Å². The normalized spacial score (nSPS) is 13.0. The van der Waals surface area contributed by atoms with Gasteiger partial charge in [0.2, 0.25) is 5.13 Å². The first-order valence-corrected chi connectivity index (χ1v) is 8.87. The number of para-hydroxylation sites is 1. The molecule has 0 unspecified atom stereocenters. The molecule has 0 fully saturated rings. The Kier molecular flexibility index (Phi) is 3.15. The van der Waals surface area contributed by atoms with Gasteiger partial charge in [-0.2, -0.15) is 0 Å². The molecule has 0 spiro atoms. The lowest BCUT2D eigenvalue weighted by atomic mass is 9.97. The Morgan fingerprint density at radius 3 is 2.76 bits per heavy atom. The summed E-state index contributed by atoms with van der Waals surface area (Å²) < 4.78 is 0. The molecule has 0 bridgehead atoms. The Labute approximate surface area is 148 Å². The fraction of sp³-hybridized carbons (Fsp3) is 0.0500. The van der Waals surface area contributed by atoms with Gasteiger partial charge in [-0.3, -0.25) is 4.98 Å². The lowest BCUT2D eigenvalue weighted by Gasteiger charge is -2.09. The summed E-state index contributed by atoms with van der Waals surface area (Å²) in [5, 5.41) is 10.6.